The van der Waals surface area contributed by atoms with Crippen molar-refractivity contribution in [2.45, 2.75) is 6.92 Å². The first-order valence-electron chi connectivity index (χ1n) is 6.56. The summed E-state index contributed by atoms with van der Waals surface area (Å²) in [7, 11) is 0. The molecule has 0 fully saturated rings. The highest BCUT2D eigenvalue weighted by molar-refractivity contribution is 9.10. The molecule has 0 aliphatic heterocycles. The Morgan fingerprint density at radius 1 is 1.26 bits per heavy atom. The largest absolute Gasteiger partial charge is 0.359 e. The number of nitro groups is 1. The molecule has 0 unspecified atom stereocenters. The third-order valence-electron chi connectivity index (χ3n) is 2.96. The molecule has 0 radical (unpaired) electrons. The lowest BCUT2D eigenvalue weighted by atomic mass is 10.1. The van der Waals surface area contributed by atoms with Gasteiger partial charge in [0.1, 0.15) is 5.02 Å². The van der Waals surface area contributed by atoms with Crippen LogP contribution in [-0.4, -0.2) is 10.7 Å². The van der Waals surface area contributed by atoms with Gasteiger partial charge in [-0.2, -0.15) is 0 Å². The summed E-state index contributed by atoms with van der Waals surface area (Å²) in [5.74, 6) is -0.161. The van der Waals surface area contributed by atoms with Crippen LogP contribution in [0.5, 0.6) is 0 Å². The topological polar surface area (TPSA) is 72.2 Å². The number of rotatable bonds is 5. The Morgan fingerprint density at radius 3 is 2.52 bits per heavy atom. The molecule has 0 amide bonds. The lowest BCUT2D eigenvalue weighted by Gasteiger charge is -2.07. The van der Waals surface area contributed by atoms with Crippen LogP contribution in [0.2, 0.25) is 5.02 Å². The van der Waals surface area contributed by atoms with Gasteiger partial charge in [0.15, 0.2) is 5.78 Å². The molecule has 0 saturated carbocycles. The van der Waals surface area contributed by atoms with Gasteiger partial charge in [-0.1, -0.05) is 27.5 Å². The minimum atomic E-state index is -0.556. The fourth-order valence-corrected chi connectivity index (χ4v) is 2.34. The van der Waals surface area contributed by atoms with Gasteiger partial charge in [-0.3, -0.25) is 14.9 Å². The van der Waals surface area contributed by atoms with E-state index in [-0.39, 0.29) is 16.5 Å². The number of nitrogens with one attached hydrogen (secondary N) is 1. The highest BCUT2D eigenvalue weighted by Crippen LogP contribution is 2.27. The summed E-state index contributed by atoms with van der Waals surface area (Å²) in [6, 6.07) is 11.4. The second-order valence-electron chi connectivity index (χ2n) is 4.75. The number of carbonyl (C=O) groups excluding carboxylic acids is 1. The maximum absolute atomic E-state index is 12.1. The number of ketones is 1. The fraction of sp³-hybridized carbons (Fsp3) is 0.0625. The summed E-state index contributed by atoms with van der Waals surface area (Å²) in [5, 5.41) is 13.9. The Morgan fingerprint density at radius 2 is 1.91 bits per heavy atom. The van der Waals surface area contributed by atoms with Gasteiger partial charge >= 0.3 is 0 Å². The zero-order valence-electron chi connectivity index (χ0n) is 12.0. The quantitative estimate of drug-likeness (QED) is 0.326. The van der Waals surface area contributed by atoms with Crippen molar-refractivity contribution in [3.63, 3.8) is 0 Å². The lowest BCUT2D eigenvalue weighted by molar-refractivity contribution is -0.384. The molecule has 0 aliphatic carbocycles. The monoisotopic (exact) mass is 394 g/mol. The van der Waals surface area contributed by atoms with Crippen LogP contribution in [0, 0.1) is 10.1 Å². The molecule has 0 spiro atoms. The molecule has 118 valence electrons. The van der Waals surface area contributed by atoms with E-state index < -0.39 is 4.92 Å². The molecule has 2 rings (SSSR count). The van der Waals surface area contributed by atoms with E-state index in [1.165, 1.54) is 18.2 Å². The van der Waals surface area contributed by atoms with Gasteiger partial charge < -0.3 is 5.32 Å². The van der Waals surface area contributed by atoms with Crippen molar-refractivity contribution in [2.24, 2.45) is 0 Å². The molecule has 0 aliphatic rings. The molecule has 0 heterocycles. The number of carbonyl (C=O) groups is 1. The molecular weight excluding hydrogens is 384 g/mol. The molecule has 0 aromatic heterocycles. The lowest BCUT2D eigenvalue weighted by Crippen LogP contribution is -2.02. The summed E-state index contributed by atoms with van der Waals surface area (Å²) in [5.41, 5.74) is 1.41. The van der Waals surface area contributed by atoms with Crippen LogP contribution in [0.1, 0.15) is 17.3 Å². The first kappa shape index (κ1) is 17.2. The van der Waals surface area contributed by atoms with Crippen molar-refractivity contribution in [3.05, 3.63) is 79.4 Å². The van der Waals surface area contributed by atoms with E-state index in [0.717, 1.165) is 4.47 Å². The van der Waals surface area contributed by atoms with Crippen molar-refractivity contribution in [2.75, 3.05) is 5.32 Å². The Labute approximate surface area is 146 Å². The Balaban J connectivity index is 2.16. The SMILES string of the molecule is C/C(=C\C(=O)c1ccc(Br)cc1)Nc1ccc(Cl)c([N+](=O)[O-])c1. The second kappa shape index (κ2) is 7.39. The second-order valence-corrected chi connectivity index (χ2v) is 6.07. The summed E-state index contributed by atoms with van der Waals surface area (Å²) in [6.45, 7) is 1.71. The fourth-order valence-electron chi connectivity index (χ4n) is 1.89. The maximum Gasteiger partial charge on any atom is 0.289 e. The number of anilines is 1. The van der Waals surface area contributed by atoms with Gasteiger partial charge in [-0.25, -0.2) is 0 Å². The molecule has 0 bridgehead atoms. The minimum Gasteiger partial charge on any atom is -0.359 e. The average molecular weight is 396 g/mol. The van der Waals surface area contributed by atoms with Crippen LogP contribution in [0.15, 0.2) is 58.7 Å². The molecule has 5 nitrogen and oxygen atoms in total. The minimum absolute atomic E-state index is 0.0631. The van der Waals surface area contributed by atoms with Crippen LogP contribution in [0.25, 0.3) is 0 Å². The van der Waals surface area contributed by atoms with E-state index in [0.29, 0.717) is 16.9 Å². The summed E-state index contributed by atoms with van der Waals surface area (Å²) in [4.78, 5) is 22.4. The summed E-state index contributed by atoms with van der Waals surface area (Å²) in [6.07, 6.45) is 1.43. The summed E-state index contributed by atoms with van der Waals surface area (Å²) < 4.78 is 0.890. The van der Waals surface area contributed by atoms with Gasteiger partial charge in [-0.05, 0) is 43.3 Å². The highest BCUT2D eigenvalue weighted by atomic mass is 79.9. The first-order valence-corrected chi connectivity index (χ1v) is 7.73. The summed E-state index contributed by atoms with van der Waals surface area (Å²) >= 11 is 9.07. The van der Waals surface area contributed by atoms with Crippen molar-refractivity contribution in [3.8, 4) is 0 Å². The van der Waals surface area contributed by atoms with Crippen LogP contribution in [0.4, 0.5) is 11.4 Å². The van der Waals surface area contributed by atoms with E-state index >= 15 is 0 Å². The van der Waals surface area contributed by atoms with Gasteiger partial charge in [0.05, 0.1) is 4.92 Å². The Bertz CT molecular complexity index is 788. The van der Waals surface area contributed by atoms with Gasteiger partial charge in [-0.15, -0.1) is 0 Å². The molecule has 0 saturated heterocycles. The molecule has 0 atom stereocenters. The van der Waals surface area contributed by atoms with E-state index in [1.54, 1.807) is 37.3 Å². The van der Waals surface area contributed by atoms with E-state index in [2.05, 4.69) is 21.2 Å². The Hall–Kier alpha value is -2.18. The third-order valence-corrected chi connectivity index (χ3v) is 3.81. The third kappa shape index (κ3) is 4.64. The highest BCUT2D eigenvalue weighted by Gasteiger charge is 2.13. The number of hydrogen-bond acceptors (Lipinski definition) is 4. The van der Waals surface area contributed by atoms with Crippen LogP contribution in [-0.2, 0) is 0 Å². The Kier molecular flexibility index (Phi) is 5.52. The van der Waals surface area contributed by atoms with E-state index in [4.69, 9.17) is 11.6 Å². The normalized spacial score (nSPS) is 11.2. The van der Waals surface area contributed by atoms with Gasteiger partial charge in [0.25, 0.3) is 5.69 Å². The zero-order chi connectivity index (χ0) is 17.0. The maximum atomic E-state index is 12.1. The molecule has 2 aromatic rings. The van der Waals surface area contributed by atoms with Crippen LogP contribution >= 0.6 is 27.5 Å². The van der Waals surface area contributed by atoms with Gasteiger partial charge in [0.2, 0.25) is 0 Å². The number of hydrogen-bond donors (Lipinski definition) is 1. The van der Waals surface area contributed by atoms with E-state index in [1.807, 2.05) is 0 Å². The molecular formula is C16H12BrClN2O3. The smallest absolute Gasteiger partial charge is 0.289 e. The van der Waals surface area contributed by atoms with Crippen LogP contribution < -0.4 is 5.32 Å². The van der Waals surface area contributed by atoms with Crippen molar-refractivity contribution in [1.29, 1.82) is 0 Å². The number of nitrogens with zero attached hydrogens (tertiary/aromatic N) is 1. The van der Waals surface area contributed by atoms with E-state index in [9.17, 15) is 14.9 Å². The van der Waals surface area contributed by atoms with Crippen LogP contribution in [0.3, 0.4) is 0 Å². The predicted molar refractivity (Wildman–Crippen MR) is 94.0 cm³/mol. The number of halogens is 2. The molecule has 23 heavy (non-hydrogen) atoms. The van der Waals surface area contributed by atoms with Crippen molar-refractivity contribution < 1.29 is 9.72 Å². The first-order chi connectivity index (χ1) is 10.9. The molecule has 2 aromatic carbocycles. The number of nitro benzene ring substituents is 1. The predicted octanol–water partition coefficient (Wildman–Crippen LogP) is 5.21. The average Bonchev–Trinajstić information content (AvgIpc) is 2.49. The standard InChI is InChI=1S/C16H12BrClN2O3/c1-10(8-16(21)11-2-4-12(17)5-3-11)19-13-6-7-14(18)15(9-13)20(22)23/h2-9,19H,1H3/b10-8+. The van der Waals surface area contributed by atoms with Gasteiger partial charge in [0, 0.05) is 33.6 Å². The number of allylic oxidation sites excluding steroid dienone is 2. The van der Waals surface area contributed by atoms with Crippen molar-refractivity contribution >= 4 is 44.7 Å². The molecule has 7 heteroatoms. The van der Waals surface area contributed by atoms with Crippen molar-refractivity contribution in [1.82, 2.24) is 0 Å². The number of benzene rings is 2. The molecule has 1 N–H and O–H groups in total. The zero-order valence-corrected chi connectivity index (χ0v) is 14.4.